The highest BCUT2D eigenvalue weighted by molar-refractivity contribution is 9.09. The molecule has 1 saturated carbocycles. The molecule has 5 nitrogen and oxygen atoms in total. The van der Waals surface area contributed by atoms with E-state index in [4.69, 9.17) is 0 Å². The number of nitro groups is 1. The predicted octanol–water partition coefficient (Wildman–Crippen LogP) is 2.50. The quantitative estimate of drug-likeness (QED) is 0.516. The molecule has 1 aromatic rings. The number of non-ortho nitro benzene ring substituents is 1. The molecular weight excluding hydrogens is 300 g/mol. The molecule has 0 spiro atoms. The van der Waals surface area contributed by atoms with Gasteiger partial charge in [0.05, 0.1) is 4.92 Å². The second-order valence-corrected chi connectivity index (χ2v) is 5.18. The Morgan fingerprint density at radius 1 is 1.39 bits per heavy atom. The first-order valence-corrected chi connectivity index (χ1v) is 6.77. The number of hydrogen-bond acceptors (Lipinski definition) is 3. The van der Waals surface area contributed by atoms with Crippen LogP contribution in [0.5, 0.6) is 0 Å². The van der Waals surface area contributed by atoms with Crippen LogP contribution in [0.4, 0.5) is 5.69 Å². The highest BCUT2D eigenvalue weighted by Crippen LogP contribution is 2.46. The highest BCUT2D eigenvalue weighted by Gasteiger charge is 2.41. The topological polar surface area (TPSA) is 72.2 Å². The molecule has 6 heteroatoms. The molecule has 0 bridgehead atoms. The number of rotatable bonds is 5. The Labute approximate surface area is 113 Å². The van der Waals surface area contributed by atoms with Crippen LogP contribution in [0.2, 0.25) is 0 Å². The number of nitrogens with one attached hydrogen (secondary N) is 1. The molecule has 1 aromatic carbocycles. The molecule has 1 fully saturated rings. The van der Waals surface area contributed by atoms with Gasteiger partial charge in [0.2, 0.25) is 0 Å². The second kappa shape index (κ2) is 5.06. The fraction of sp³-hybridized carbons (Fsp3) is 0.417. The standard InChI is InChI=1S/C12H13BrN2O3/c13-7-12(5-6-12)8-14-11(16)9-1-3-10(4-2-9)15(17)18/h1-4H,5-8H2,(H,14,16). The van der Waals surface area contributed by atoms with Gasteiger partial charge in [-0.25, -0.2) is 0 Å². The van der Waals surface area contributed by atoms with Crippen molar-refractivity contribution in [3.05, 3.63) is 39.9 Å². The monoisotopic (exact) mass is 312 g/mol. The van der Waals surface area contributed by atoms with Gasteiger partial charge in [0, 0.05) is 29.6 Å². The van der Waals surface area contributed by atoms with E-state index in [1.165, 1.54) is 24.3 Å². The predicted molar refractivity (Wildman–Crippen MR) is 70.9 cm³/mol. The van der Waals surface area contributed by atoms with Gasteiger partial charge < -0.3 is 5.32 Å². The van der Waals surface area contributed by atoms with Gasteiger partial charge in [-0.15, -0.1) is 0 Å². The van der Waals surface area contributed by atoms with Gasteiger partial charge in [0.1, 0.15) is 0 Å². The number of hydrogen-bond donors (Lipinski definition) is 1. The lowest BCUT2D eigenvalue weighted by atomic mass is 10.1. The van der Waals surface area contributed by atoms with Crippen LogP contribution in [0.1, 0.15) is 23.2 Å². The van der Waals surface area contributed by atoms with Gasteiger partial charge in [-0.1, -0.05) is 15.9 Å². The molecule has 0 heterocycles. The lowest BCUT2D eigenvalue weighted by molar-refractivity contribution is -0.384. The summed E-state index contributed by atoms with van der Waals surface area (Å²) in [5.74, 6) is -0.183. The van der Waals surface area contributed by atoms with E-state index in [0.29, 0.717) is 12.1 Å². The Bertz CT molecular complexity index is 469. The summed E-state index contributed by atoms with van der Waals surface area (Å²) in [4.78, 5) is 21.8. The molecular formula is C12H13BrN2O3. The van der Waals surface area contributed by atoms with Crippen molar-refractivity contribution in [1.82, 2.24) is 5.32 Å². The Kier molecular flexibility index (Phi) is 3.65. The van der Waals surface area contributed by atoms with Crippen LogP contribution in [0.25, 0.3) is 0 Å². The molecule has 0 atom stereocenters. The molecule has 1 amide bonds. The summed E-state index contributed by atoms with van der Waals surface area (Å²) in [7, 11) is 0. The molecule has 0 aliphatic heterocycles. The lowest BCUT2D eigenvalue weighted by Crippen LogP contribution is -2.30. The molecule has 0 radical (unpaired) electrons. The van der Waals surface area contributed by atoms with Crippen molar-refractivity contribution in [2.45, 2.75) is 12.8 Å². The number of amides is 1. The number of benzene rings is 1. The molecule has 0 saturated heterocycles. The zero-order chi connectivity index (χ0) is 13.2. The third kappa shape index (κ3) is 2.87. The van der Waals surface area contributed by atoms with Crippen molar-refractivity contribution in [3.63, 3.8) is 0 Å². The van der Waals surface area contributed by atoms with Gasteiger partial charge >= 0.3 is 0 Å². The molecule has 0 unspecified atom stereocenters. The van der Waals surface area contributed by atoms with Crippen molar-refractivity contribution in [1.29, 1.82) is 0 Å². The van der Waals surface area contributed by atoms with Crippen molar-refractivity contribution < 1.29 is 9.72 Å². The Morgan fingerprint density at radius 3 is 2.44 bits per heavy atom. The summed E-state index contributed by atoms with van der Waals surface area (Å²) < 4.78 is 0. The summed E-state index contributed by atoms with van der Waals surface area (Å²) in [5, 5.41) is 14.2. The first kappa shape index (κ1) is 13.0. The van der Waals surface area contributed by atoms with Gasteiger partial charge in [-0.2, -0.15) is 0 Å². The molecule has 1 aliphatic carbocycles. The van der Waals surface area contributed by atoms with Crippen LogP contribution in [-0.4, -0.2) is 22.7 Å². The normalized spacial score (nSPS) is 16.1. The minimum Gasteiger partial charge on any atom is -0.351 e. The maximum atomic E-state index is 11.8. The van der Waals surface area contributed by atoms with E-state index in [-0.39, 0.29) is 17.0 Å². The number of halogens is 1. The van der Waals surface area contributed by atoms with E-state index in [9.17, 15) is 14.9 Å². The first-order chi connectivity index (χ1) is 8.56. The van der Waals surface area contributed by atoms with Gasteiger partial charge in [0.25, 0.3) is 11.6 Å². The zero-order valence-corrected chi connectivity index (χ0v) is 11.3. The van der Waals surface area contributed by atoms with Crippen LogP contribution >= 0.6 is 15.9 Å². The number of alkyl halides is 1. The van der Waals surface area contributed by atoms with Crippen LogP contribution in [0.3, 0.4) is 0 Å². The molecule has 2 rings (SSSR count). The minimum absolute atomic E-state index is 0.00864. The second-order valence-electron chi connectivity index (χ2n) is 4.62. The molecule has 0 aromatic heterocycles. The van der Waals surface area contributed by atoms with Gasteiger partial charge in [-0.05, 0) is 30.4 Å². The van der Waals surface area contributed by atoms with Crippen LogP contribution < -0.4 is 5.32 Å². The number of carbonyl (C=O) groups excluding carboxylic acids is 1. The average Bonchev–Trinajstić information content (AvgIpc) is 3.17. The smallest absolute Gasteiger partial charge is 0.269 e. The summed E-state index contributed by atoms with van der Waals surface area (Å²) in [5.41, 5.74) is 0.660. The van der Waals surface area contributed by atoms with E-state index in [1.54, 1.807) is 0 Å². The third-order valence-corrected chi connectivity index (χ3v) is 4.39. The Morgan fingerprint density at radius 2 is 2.00 bits per heavy atom. The summed E-state index contributed by atoms with van der Waals surface area (Å²) in [6, 6.07) is 5.63. The summed E-state index contributed by atoms with van der Waals surface area (Å²) in [6.45, 7) is 0.647. The Balaban J connectivity index is 1.94. The lowest BCUT2D eigenvalue weighted by Gasteiger charge is -2.12. The minimum atomic E-state index is -0.480. The van der Waals surface area contributed by atoms with Crippen LogP contribution in [0, 0.1) is 15.5 Å². The third-order valence-electron chi connectivity index (χ3n) is 3.20. The Hall–Kier alpha value is -1.43. The fourth-order valence-electron chi connectivity index (χ4n) is 1.64. The zero-order valence-electron chi connectivity index (χ0n) is 9.69. The molecule has 18 heavy (non-hydrogen) atoms. The van der Waals surface area contributed by atoms with Gasteiger partial charge in [0.15, 0.2) is 0 Å². The maximum Gasteiger partial charge on any atom is 0.269 e. The van der Waals surface area contributed by atoms with E-state index >= 15 is 0 Å². The number of carbonyl (C=O) groups is 1. The van der Waals surface area contributed by atoms with Crippen LogP contribution in [-0.2, 0) is 0 Å². The van der Waals surface area contributed by atoms with E-state index in [0.717, 1.165) is 18.2 Å². The van der Waals surface area contributed by atoms with Gasteiger partial charge in [-0.3, -0.25) is 14.9 Å². The molecule has 1 N–H and O–H groups in total. The van der Waals surface area contributed by atoms with Crippen LogP contribution in [0.15, 0.2) is 24.3 Å². The SMILES string of the molecule is O=C(NCC1(CBr)CC1)c1ccc([N+](=O)[O-])cc1. The first-order valence-electron chi connectivity index (χ1n) is 5.65. The van der Waals surface area contributed by atoms with Crippen molar-refractivity contribution in [3.8, 4) is 0 Å². The largest absolute Gasteiger partial charge is 0.351 e. The van der Waals surface area contributed by atoms with Crippen molar-refractivity contribution >= 4 is 27.5 Å². The molecule has 96 valence electrons. The van der Waals surface area contributed by atoms with Crippen molar-refractivity contribution in [2.24, 2.45) is 5.41 Å². The number of nitrogens with zero attached hydrogens (tertiary/aromatic N) is 1. The fourth-order valence-corrected chi connectivity index (χ4v) is 2.40. The van der Waals surface area contributed by atoms with E-state index in [2.05, 4.69) is 21.2 Å². The molecule has 1 aliphatic rings. The number of nitro benzene ring substituents is 1. The average molecular weight is 313 g/mol. The van der Waals surface area contributed by atoms with E-state index in [1.807, 2.05) is 0 Å². The highest BCUT2D eigenvalue weighted by atomic mass is 79.9. The maximum absolute atomic E-state index is 11.8. The van der Waals surface area contributed by atoms with Crippen molar-refractivity contribution in [2.75, 3.05) is 11.9 Å². The summed E-state index contributed by atoms with van der Waals surface area (Å²) >= 11 is 3.44. The summed E-state index contributed by atoms with van der Waals surface area (Å²) in [6.07, 6.45) is 2.25. The van der Waals surface area contributed by atoms with E-state index < -0.39 is 4.92 Å².